The lowest BCUT2D eigenvalue weighted by Crippen LogP contribution is -2.35. The topological polar surface area (TPSA) is 73.8 Å². The first-order valence-electron chi connectivity index (χ1n) is 10.0. The summed E-state index contributed by atoms with van der Waals surface area (Å²) in [6.45, 7) is 2.35. The third kappa shape index (κ3) is 3.72. The van der Waals surface area contributed by atoms with E-state index >= 15 is 0 Å². The van der Waals surface area contributed by atoms with Crippen molar-refractivity contribution in [1.29, 1.82) is 5.41 Å². The quantitative estimate of drug-likeness (QED) is 0.459. The molecule has 11 heteroatoms. The van der Waals surface area contributed by atoms with Gasteiger partial charge in [0.05, 0.1) is 5.57 Å². The van der Waals surface area contributed by atoms with Gasteiger partial charge in [0.15, 0.2) is 5.84 Å². The summed E-state index contributed by atoms with van der Waals surface area (Å²) in [4.78, 5) is 16.5. The number of amides is 1. The van der Waals surface area contributed by atoms with E-state index in [9.17, 15) is 18.0 Å². The van der Waals surface area contributed by atoms with Crippen LogP contribution in [0.5, 0.6) is 0 Å². The maximum Gasteiger partial charge on any atom is 0.441 e. The molecule has 2 aromatic carbocycles. The molecule has 0 atom stereocenters. The van der Waals surface area contributed by atoms with Crippen molar-refractivity contribution >= 4 is 62.3 Å². The van der Waals surface area contributed by atoms with Gasteiger partial charge < -0.3 is 4.57 Å². The molecule has 0 fully saturated rings. The molecule has 0 bridgehead atoms. The monoisotopic (exact) mass is 501 g/mol. The fourth-order valence-corrected chi connectivity index (χ4v) is 4.85. The lowest BCUT2D eigenvalue weighted by molar-refractivity contribution is -0.114. The van der Waals surface area contributed by atoms with Crippen LogP contribution in [0.2, 0.25) is 5.02 Å². The number of alkyl halides is 3. The predicted molar refractivity (Wildman–Crippen MR) is 128 cm³/mol. The Balaban J connectivity index is 1.61. The van der Waals surface area contributed by atoms with E-state index in [1.165, 1.54) is 6.08 Å². The van der Waals surface area contributed by atoms with Gasteiger partial charge in [0.2, 0.25) is 10.2 Å². The number of hydrogen-bond acceptors (Lipinski definition) is 4. The summed E-state index contributed by atoms with van der Waals surface area (Å²) in [5.74, 6) is -1.24. The number of nitrogens with zero attached hydrogens (tertiary/aromatic N) is 4. The maximum atomic E-state index is 13.1. The Morgan fingerprint density at radius 1 is 1.15 bits per heavy atom. The van der Waals surface area contributed by atoms with Gasteiger partial charge in [-0.1, -0.05) is 48.0 Å². The second-order valence-corrected chi connectivity index (χ2v) is 8.98. The number of thioether (sulfide) groups is 1. The van der Waals surface area contributed by atoms with E-state index < -0.39 is 23.0 Å². The zero-order valence-corrected chi connectivity index (χ0v) is 19.1. The molecule has 2 aliphatic rings. The molecule has 2 aliphatic heterocycles. The van der Waals surface area contributed by atoms with Gasteiger partial charge in [-0.05, 0) is 42.5 Å². The number of aliphatic imine (C=N–C) groups is 1. The minimum Gasteiger partial charge on any atom is -0.340 e. The number of nitrogens with one attached hydrogen (secondary N) is 1. The van der Waals surface area contributed by atoms with Gasteiger partial charge in [0, 0.05) is 33.7 Å². The van der Waals surface area contributed by atoms with Crippen LogP contribution >= 0.6 is 23.4 Å². The fourth-order valence-electron chi connectivity index (χ4n) is 3.89. The van der Waals surface area contributed by atoms with Crippen LogP contribution in [0.1, 0.15) is 16.8 Å². The fraction of sp³-hybridized carbons (Fsp3) is 0.130. The molecule has 5 rings (SSSR count). The number of amidine groups is 2. The van der Waals surface area contributed by atoms with Crippen LogP contribution in [-0.2, 0) is 11.3 Å². The zero-order valence-electron chi connectivity index (χ0n) is 17.5. The van der Waals surface area contributed by atoms with E-state index in [2.05, 4.69) is 10.1 Å². The first kappa shape index (κ1) is 22.4. The molecule has 1 amide bonds. The van der Waals surface area contributed by atoms with Crippen LogP contribution in [0, 0.1) is 12.3 Å². The smallest absolute Gasteiger partial charge is 0.340 e. The lowest BCUT2D eigenvalue weighted by Gasteiger charge is -2.20. The van der Waals surface area contributed by atoms with Crippen molar-refractivity contribution in [3.05, 3.63) is 75.9 Å². The Labute approximate surface area is 200 Å². The minimum atomic E-state index is -4.69. The number of carbonyl (C=O) groups is 1. The number of hydrogen-bond donors (Lipinski definition) is 1. The molecule has 172 valence electrons. The molecule has 0 radical (unpaired) electrons. The van der Waals surface area contributed by atoms with Gasteiger partial charge in [-0.2, -0.15) is 28.3 Å². The number of hydrazone groups is 1. The molecule has 0 saturated carbocycles. The van der Waals surface area contributed by atoms with Crippen molar-refractivity contribution < 1.29 is 18.0 Å². The van der Waals surface area contributed by atoms with Crippen molar-refractivity contribution in [2.24, 2.45) is 10.1 Å². The van der Waals surface area contributed by atoms with Crippen LogP contribution in [0.4, 0.5) is 13.2 Å². The Bertz CT molecular complexity index is 1470. The molecule has 34 heavy (non-hydrogen) atoms. The summed E-state index contributed by atoms with van der Waals surface area (Å²) in [7, 11) is 0. The number of aromatic nitrogens is 1. The molecule has 3 heterocycles. The van der Waals surface area contributed by atoms with Crippen LogP contribution in [0.25, 0.3) is 17.0 Å². The molecular formula is C23H15ClF3N5OS. The molecule has 3 aromatic rings. The van der Waals surface area contributed by atoms with Crippen molar-refractivity contribution in [1.82, 2.24) is 9.58 Å². The maximum absolute atomic E-state index is 13.1. The average molecular weight is 502 g/mol. The van der Waals surface area contributed by atoms with E-state index in [4.69, 9.17) is 17.0 Å². The first-order valence-corrected chi connectivity index (χ1v) is 11.2. The van der Waals surface area contributed by atoms with Gasteiger partial charge in [0.25, 0.3) is 5.91 Å². The largest absolute Gasteiger partial charge is 0.441 e. The van der Waals surface area contributed by atoms with E-state index in [1.807, 2.05) is 60.0 Å². The van der Waals surface area contributed by atoms with Gasteiger partial charge >= 0.3 is 6.18 Å². The highest BCUT2D eigenvalue weighted by molar-refractivity contribution is 8.27. The van der Waals surface area contributed by atoms with Gasteiger partial charge in [0.1, 0.15) is 0 Å². The first-order chi connectivity index (χ1) is 16.1. The molecular weight excluding hydrogens is 487 g/mol. The minimum absolute atomic E-state index is 0.139. The summed E-state index contributed by atoms with van der Waals surface area (Å²) < 4.78 is 41.3. The van der Waals surface area contributed by atoms with Crippen LogP contribution < -0.4 is 0 Å². The predicted octanol–water partition coefficient (Wildman–Crippen LogP) is 5.83. The van der Waals surface area contributed by atoms with Crippen molar-refractivity contribution in [2.45, 2.75) is 19.6 Å². The number of benzene rings is 2. The summed E-state index contributed by atoms with van der Waals surface area (Å²) >= 11 is 6.59. The third-order valence-electron chi connectivity index (χ3n) is 5.55. The molecule has 0 unspecified atom stereocenters. The van der Waals surface area contributed by atoms with E-state index in [1.54, 1.807) is 0 Å². The van der Waals surface area contributed by atoms with Gasteiger partial charge in [-0.15, -0.1) is 0 Å². The van der Waals surface area contributed by atoms with E-state index in [-0.39, 0.29) is 22.5 Å². The molecule has 6 nitrogen and oxygen atoms in total. The van der Waals surface area contributed by atoms with Crippen LogP contribution in [-0.4, -0.2) is 37.7 Å². The molecule has 0 spiro atoms. The summed E-state index contributed by atoms with van der Waals surface area (Å²) in [6.07, 6.45) is -3.20. The molecule has 0 saturated heterocycles. The Kier molecular flexibility index (Phi) is 5.37. The highest BCUT2D eigenvalue weighted by atomic mass is 35.5. The SMILES string of the molecule is Cc1c(/C=C2/C(=N)N3N=C(C(F)(F)F)SC3=NC2=O)c2ccccc2n1Cc1ccccc1Cl. The Morgan fingerprint density at radius 2 is 1.85 bits per heavy atom. The number of fused-ring (bicyclic) bond motifs is 2. The van der Waals surface area contributed by atoms with Gasteiger partial charge in [-0.3, -0.25) is 10.2 Å². The van der Waals surface area contributed by atoms with Crippen LogP contribution in [0.3, 0.4) is 0 Å². The highest BCUT2D eigenvalue weighted by Gasteiger charge is 2.46. The van der Waals surface area contributed by atoms with Gasteiger partial charge in [-0.25, -0.2) is 0 Å². The second-order valence-electron chi connectivity index (χ2n) is 7.62. The molecule has 1 aromatic heterocycles. The number of carbonyl (C=O) groups excluding carboxylic acids is 1. The molecule has 0 aliphatic carbocycles. The molecule has 1 N–H and O–H groups in total. The second kappa shape index (κ2) is 8.14. The van der Waals surface area contributed by atoms with Crippen molar-refractivity contribution in [2.75, 3.05) is 0 Å². The number of halogens is 4. The Morgan fingerprint density at radius 3 is 2.59 bits per heavy atom. The Hall–Kier alpha value is -3.37. The standard InChI is InChI=1S/C23H15ClF3N5OS/c1-12-15(10-16-19(28)32-22(29-20(16)33)34-21(30-32)23(25,26)27)14-7-3-5-9-18(14)31(12)11-13-6-2-4-8-17(13)24/h2-10,28H,11H2,1H3/b16-10-,28-19?. The van der Waals surface area contributed by atoms with E-state index in [0.717, 1.165) is 27.2 Å². The third-order valence-corrected chi connectivity index (χ3v) is 6.87. The number of para-hydroxylation sites is 1. The van der Waals surface area contributed by atoms with Crippen molar-refractivity contribution in [3.63, 3.8) is 0 Å². The lowest BCUT2D eigenvalue weighted by atomic mass is 10.1. The summed E-state index contributed by atoms with van der Waals surface area (Å²) in [5, 5.41) is 12.6. The average Bonchev–Trinajstić information content (AvgIpc) is 3.33. The summed E-state index contributed by atoms with van der Waals surface area (Å²) in [5.41, 5.74) is 3.13. The highest BCUT2D eigenvalue weighted by Crippen LogP contribution is 2.36. The number of rotatable bonds is 3. The summed E-state index contributed by atoms with van der Waals surface area (Å²) in [6, 6.07) is 15.0. The van der Waals surface area contributed by atoms with Crippen LogP contribution in [0.15, 0.2) is 64.2 Å². The normalized spacial score (nSPS) is 17.4. The zero-order chi connectivity index (χ0) is 24.2. The van der Waals surface area contributed by atoms with Crippen molar-refractivity contribution in [3.8, 4) is 0 Å². The van der Waals surface area contributed by atoms with E-state index in [0.29, 0.717) is 17.1 Å².